The molecule has 0 amide bonds. The van der Waals surface area contributed by atoms with Crippen molar-refractivity contribution in [1.29, 1.82) is 0 Å². The average molecular weight is 688 g/mol. The first-order valence-electron chi connectivity index (χ1n) is 11.9. The summed E-state index contributed by atoms with van der Waals surface area (Å²) in [5.74, 6) is -0.802. The third-order valence-electron chi connectivity index (χ3n) is 5.34. The second kappa shape index (κ2) is 13.2. The Labute approximate surface area is 258 Å². The van der Waals surface area contributed by atoms with Gasteiger partial charge in [-0.25, -0.2) is 13.6 Å². The normalized spacial score (nSPS) is 12.5. The number of alkyl halides is 3. The second-order valence-electron chi connectivity index (χ2n) is 8.58. The van der Waals surface area contributed by atoms with Gasteiger partial charge < -0.3 is 11.1 Å². The first kappa shape index (κ1) is 32.7. The lowest BCUT2D eigenvalue weighted by Gasteiger charge is -2.11. The predicted molar refractivity (Wildman–Crippen MR) is 159 cm³/mol. The van der Waals surface area contributed by atoms with Gasteiger partial charge in [-0.2, -0.15) is 36.5 Å². The first-order chi connectivity index (χ1) is 20.6. The molecule has 20 heteroatoms. The maximum absolute atomic E-state index is 13.1. The summed E-state index contributed by atoms with van der Waals surface area (Å²) in [5.41, 5.74) is 10.5. The fourth-order valence-corrected chi connectivity index (χ4v) is 6.45. The molecular formula is C24H21ClF3N9O4S3. The topological polar surface area (TPSA) is 207 Å². The molecule has 0 aliphatic carbocycles. The summed E-state index contributed by atoms with van der Waals surface area (Å²) in [5, 5.41) is 7.61. The van der Waals surface area contributed by atoms with Gasteiger partial charge in [0.25, 0.3) is 10.0 Å². The first-order valence-corrected chi connectivity index (χ1v) is 16.3. The van der Waals surface area contributed by atoms with E-state index in [1.807, 2.05) is 0 Å². The quantitative estimate of drug-likeness (QED) is 0.0697. The van der Waals surface area contributed by atoms with Crippen LogP contribution in [0.3, 0.4) is 0 Å². The van der Waals surface area contributed by atoms with Crippen LogP contribution in [-0.4, -0.2) is 37.7 Å². The van der Waals surface area contributed by atoms with Gasteiger partial charge in [0.15, 0.2) is 0 Å². The average Bonchev–Trinajstić information content (AvgIpc) is 2.94. The maximum Gasteiger partial charge on any atom is 0.416 e. The fourth-order valence-electron chi connectivity index (χ4n) is 3.42. The van der Waals surface area contributed by atoms with Crippen LogP contribution in [0.4, 0.5) is 30.8 Å². The molecule has 44 heavy (non-hydrogen) atoms. The number of hydrogen-bond donors (Lipinski definition) is 5. The van der Waals surface area contributed by atoms with Crippen molar-refractivity contribution >= 4 is 67.0 Å². The van der Waals surface area contributed by atoms with Gasteiger partial charge in [0.2, 0.25) is 33.2 Å². The van der Waals surface area contributed by atoms with E-state index in [2.05, 4.69) is 35.5 Å². The van der Waals surface area contributed by atoms with E-state index in [9.17, 15) is 30.0 Å². The number of primary sulfonamides is 1. The van der Waals surface area contributed by atoms with E-state index in [4.69, 9.17) is 22.5 Å². The highest BCUT2D eigenvalue weighted by molar-refractivity contribution is 7.99. The summed E-state index contributed by atoms with van der Waals surface area (Å²) in [4.78, 5) is 11.7. The highest BCUT2D eigenvalue weighted by Crippen LogP contribution is 2.33. The van der Waals surface area contributed by atoms with E-state index in [1.54, 1.807) is 6.07 Å². The van der Waals surface area contributed by atoms with Crippen molar-refractivity contribution in [2.75, 3.05) is 10.7 Å². The molecule has 13 nitrogen and oxygen atoms in total. The molecule has 0 aliphatic heterocycles. The van der Waals surface area contributed by atoms with E-state index in [-0.39, 0.29) is 37.6 Å². The number of nitrogens with zero attached hydrogens (tertiary/aromatic N) is 4. The van der Waals surface area contributed by atoms with E-state index < -0.39 is 37.7 Å². The van der Waals surface area contributed by atoms with E-state index in [1.165, 1.54) is 54.6 Å². The van der Waals surface area contributed by atoms with Gasteiger partial charge in [0, 0.05) is 16.3 Å². The van der Waals surface area contributed by atoms with Crippen LogP contribution in [0, 0.1) is 0 Å². The number of aromatic nitrogens is 3. The van der Waals surface area contributed by atoms with Crippen LogP contribution in [0.25, 0.3) is 0 Å². The Morgan fingerprint density at radius 2 is 1.61 bits per heavy atom. The van der Waals surface area contributed by atoms with Crippen LogP contribution in [-0.2, 0) is 32.0 Å². The Morgan fingerprint density at radius 1 is 0.932 bits per heavy atom. The van der Waals surface area contributed by atoms with Gasteiger partial charge in [-0.05, 0) is 59.6 Å². The summed E-state index contributed by atoms with van der Waals surface area (Å²) in [6.07, 6.45) is -4.51. The lowest BCUT2D eigenvalue weighted by Crippen LogP contribution is -2.37. The lowest BCUT2D eigenvalue weighted by atomic mass is 10.1. The number of anilines is 3. The zero-order valence-corrected chi connectivity index (χ0v) is 25.2. The van der Waals surface area contributed by atoms with Crippen LogP contribution in [0.2, 0.25) is 5.28 Å². The number of halogens is 4. The molecule has 0 aliphatic rings. The summed E-state index contributed by atoms with van der Waals surface area (Å²) < 4.78 is 91.7. The largest absolute Gasteiger partial charge is 0.416 e. The maximum atomic E-state index is 13.1. The van der Waals surface area contributed by atoms with Gasteiger partial charge >= 0.3 is 6.18 Å². The molecular weight excluding hydrogens is 667 g/mol. The van der Waals surface area contributed by atoms with E-state index in [0.29, 0.717) is 11.3 Å². The number of benzene rings is 3. The molecule has 1 aromatic heterocycles. The Morgan fingerprint density at radius 3 is 2.30 bits per heavy atom. The Bertz CT molecular complexity index is 1910. The van der Waals surface area contributed by atoms with Crippen molar-refractivity contribution in [3.63, 3.8) is 0 Å². The number of nitrogens with two attached hydrogens (primary N) is 2. The molecule has 4 rings (SSSR count). The standard InChI is InChI=1S/C24H21ClF3N9O4S3/c25-20-32-22(31-16-8-10-17(11-9-16)43(30,38)39)34-23(33-20)36-35-21(29)37-44(40,41)19-7-2-1-6-18(19)42-13-14-4-3-5-15(12-14)24(26,27)28/h1-12H,13H2,(H3,29,35,37)(H2,30,38,39)(H2,31,32,33,34,36). The Kier molecular flexibility index (Phi) is 9.84. The fraction of sp³-hybridized carbons (Fsp3) is 0.0833. The molecule has 1 heterocycles. The second-order valence-corrected chi connectivity index (χ2v) is 13.1. The van der Waals surface area contributed by atoms with Crippen molar-refractivity contribution in [2.24, 2.45) is 15.3 Å². The van der Waals surface area contributed by atoms with Crippen molar-refractivity contribution in [3.8, 4) is 0 Å². The Balaban J connectivity index is 1.44. The third kappa shape index (κ3) is 8.92. The summed E-state index contributed by atoms with van der Waals surface area (Å²) in [6, 6.07) is 15.9. The number of hydrazine groups is 1. The lowest BCUT2D eigenvalue weighted by molar-refractivity contribution is -0.137. The van der Waals surface area contributed by atoms with Crippen molar-refractivity contribution in [1.82, 2.24) is 20.4 Å². The monoisotopic (exact) mass is 687 g/mol. The number of sulfonamides is 2. The highest BCUT2D eigenvalue weighted by Gasteiger charge is 2.30. The number of guanidine groups is 1. The molecule has 232 valence electrons. The summed E-state index contributed by atoms with van der Waals surface area (Å²) in [7, 11) is -8.27. The molecule has 4 aromatic rings. The zero-order valence-electron chi connectivity index (χ0n) is 21.9. The van der Waals surface area contributed by atoms with Crippen LogP contribution in [0.1, 0.15) is 11.1 Å². The molecule has 3 aromatic carbocycles. The minimum atomic E-state index is -4.51. The zero-order chi connectivity index (χ0) is 32.1. The number of thioether (sulfide) groups is 1. The predicted octanol–water partition coefficient (Wildman–Crippen LogP) is 3.85. The highest BCUT2D eigenvalue weighted by atomic mass is 35.5. The van der Waals surface area contributed by atoms with Crippen molar-refractivity contribution < 1.29 is 30.0 Å². The van der Waals surface area contributed by atoms with Gasteiger partial charge in [-0.3, -0.25) is 10.9 Å². The molecule has 0 fully saturated rings. The molecule has 0 bridgehead atoms. The molecule has 0 radical (unpaired) electrons. The van der Waals surface area contributed by atoms with E-state index in [0.717, 1.165) is 23.9 Å². The van der Waals surface area contributed by atoms with Crippen molar-refractivity contribution in [3.05, 3.63) is 89.2 Å². The van der Waals surface area contributed by atoms with Crippen LogP contribution in [0.5, 0.6) is 0 Å². The number of nitrogens with one attached hydrogen (secondary N) is 3. The van der Waals surface area contributed by atoms with Crippen LogP contribution in [0.15, 0.2) is 91.9 Å². The molecule has 0 unspecified atom stereocenters. The molecule has 0 saturated heterocycles. The molecule has 0 atom stereocenters. The van der Waals surface area contributed by atoms with Crippen molar-refractivity contribution in [2.45, 2.75) is 26.6 Å². The minimum absolute atomic E-state index is 0.0578. The van der Waals surface area contributed by atoms with E-state index >= 15 is 0 Å². The van der Waals surface area contributed by atoms with Crippen LogP contribution < -0.4 is 27.0 Å². The summed E-state index contributed by atoms with van der Waals surface area (Å²) in [6.45, 7) is 0. The van der Waals surface area contributed by atoms with Gasteiger partial charge in [0.05, 0.1) is 10.5 Å². The smallest absolute Gasteiger partial charge is 0.368 e. The van der Waals surface area contributed by atoms with Gasteiger partial charge in [-0.15, -0.1) is 16.2 Å². The molecule has 0 spiro atoms. The Hall–Kier alpha value is -4.17. The number of hydrogen-bond acceptors (Lipinski definition) is 10. The number of rotatable bonds is 10. The molecule has 0 saturated carbocycles. The minimum Gasteiger partial charge on any atom is -0.368 e. The van der Waals surface area contributed by atoms with Gasteiger partial charge in [0.1, 0.15) is 4.90 Å². The van der Waals surface area contributed by atoms with Crippen LogP contribution >= 0.6 is 23.4 Å². The third-order valence-corrected chi connectivity index (χ3v) is 9.06. The molecule has 7 N–H and O–H groups in total. The summed E-state index contributed by atoms with van der Waals surface area (Å²) >= 11 is 6.96. The SMILES string of the molecule is N/C(=N\S(=O)(=O)c1ccccc1SCc1cccc(C(F)(F)F)c1)NNc1nc(Cl)nc(Nc2ccc(S(N)(=O)=O)cc2)n1. The van der Waals surface area contributed by atoms with Gasteiger partial charge in [-0.1, -0.05) is 30.3 Å².